The highest BCUT2D eigenvalue weighted by molar-refractivity contribution is 5.67. The first-order valence-electron chi connectivity index (χ1n) is 11.4. The minimum atomic E-state index is -0.926. The molecule has 1 aromatic rings. The summed E-state index contributed by atoms with van der Waals surface area (Å²) in [6.07, 6.45) is 10.9. The Morgan fingerprint density at radius 1 is 1.17 bits per heavy atom. The average Bonchev–Trinajstić information content (AvgIpc) is 3.24. The van der Waals surface area contributed by atoms with Gasteiger partial charge >= 0.3 is 5.97 Å². The fraction of sp³-hybridized carbons (Fsp3) is 0.640. The number of aliphatic carboxylic acids is 1. The molecule has 2 aliphatic carbocycles. The van der Waals surface area contributed by atoms with Crippen LogP contribution >= 0.6 is 0 Å². The molecule has 0 saturated heterocycles. The molecule has 2 saturated carbocycles. The van der Waals surface area contributed by atoms with Crippen LogP contribution in [-0.4, -0.2) is 46.7 Å². The third-order valence-corrected chi connectivity index (χ3v) is 6.84. The van der Waals surface area contributed by atoms with Crippen molar-refractivity contribution in [2.75, 3.05) is 13.2 Å². The van der Waals surface area contributed by atoms with Crippen molar-refractivity contribution < 1.29 is 24.9 Å². The number of carbonyl (C=O) groups is 1. The smallest absolute Gasteiger partial charge is 0.329 e. The van der Waals surface area contributed by atoms with E-state index in [9.17, 15) is 15.0 Å². The number of unbranched alkanes of at least 4 members (excludes halogenated alkanes) is 1. The Labute approximate surface area is 179 Å². The highest BCUT2D eigenvalue weighted by Gasteiger charge is 2.46. The first-order valence-corrected chi connectivity index (χ1v) is 11.4. The summed E-state index contributed by atoms with van der Waals surface area (Å²) in [5, 5.41) is 29.5. The van der Waals surface area contributed by atoms with Crippen molar-refractivity contribution in [3.63, 3.8) is 0 Å². The van der Waals surface area contributed by atoms with E-state index < -0.39 is 12.1 Å². The molecule has 166 valence electrons. The molecule has 0 heterocycles. The molecule has 0 spiro atoms. The third-order valence-electron chi connectivity index (χ3n) is 6.84. The van der Waals surface area contributed by atoms with Gasteiger partial charge in [-0.15, -0.1) is 0 Å². The summed E-state index contributed by atoms with van der Waals surface area (Å²) in [5.74, 6) is 0.734. The monoisotopic (exact) mass is 416 g/mol. The number of rotatable bonds is 12. The SMILES string of the molecule is O=C(O)COCCC1C[C@H]2C[C@H](O)[C@@H](C=CC(O)CCCCc3ccccc3)[C@@H]2C1. The van der Waals surface area contributed by atoms with Crippen molar-refractivity contribution in [1.82, 2.24) is 0 Å². The van der Waals surface area contributed by atoms with Gasteiger partial charge in [-0.2, -0.15) is 0 Å². The molecule has 30 heavy (non-hydrogen) atoms. The maximum Gasteiger partial charge on any atom is 0.329 e. The van der Waals surface area contributed by atoms with Gasteiger partial charge in [0.1, 0.15) is 6.61 Å². The lowest BCUT2D eigenvalue weighted by molar-refractivity contribution is -0.142. The summed E-state index contributed by atoms with van der Waals surface area (Å²) in [7, 11) is 0. The van der Waals surface area contributed by atoms with E-state index in [0.29, 0.717) is 24.4 Å². The van der Waals surface area contributed by atoms with Crippen LogP contribution in [-0.2, 0) is 16.0 Å². The zero-order valence-corrected chi connectivity index (χ0v) is 17.7. The summed E-state index contributed by atoms with van der Waals surface area (Å²) < 4.78 is 5.19. The number of aliphatic hydroxyl groups excluding tert-OH is 2. The fourth-order valence-electron chi connectivity index (χ4n) is 5.37. The molecule has 2 unspecified atom stereocenters. The Balaban J connectivity index is 1.37. The maximum atomic E-state index is 10.5. The second kappa shape index (κ2) is 11.6. The van der Waals surface area contributed by atoms with Crippen LogP contribution in [0.25, 0.3) is 0 Å². The van der Waals surface area contributed by atoms with Crippen LogP contribution in [0.5, 0.6) is 0 Å². The van der Waals surface area contributed by atoms with Gasteiger partial charge in [-0.1, -0.05) is 48.9 Å². The zero-order valence-electron chi connectivity index (χ0n) is 17.7. The lowest BCUT2D eigenvalue weighted by atomic mass is 9.89. The van der Waals surface area contributed by atoms with Crippen molar-refractivity contribution in [3.8, 4) is 0 Å². The third kappa shape index (κ3) is 6.93. The molecule has 0 aliphatic heterocycles. The molecular weight excluding hydrogens is 380 g/mol. The number of aryl methyl sites for hydroxylation is 1. The molecule has 3 rings (SSSR count). The first-order chi connectivity index (χ1) is 14.5. The Hall–Kier alpha value is -1.69. The Morgan fingerprint density at radius 2 is 1.97 bits per heavy atom. The zero-order chi connectivity index (χ0) is 21.3. The van der Waals surface area contributed by atoms with Gasteiger partial charge in [0.25, 0.3) is 0 Å². The van der Waals surface area contributed by atoms with E-state index in [1.165, 1.54) is 5.56 Å². The van der Waals surface area contributed by atoms with Crippen molar-refractivity contribution >= 4 is 5.97 Å². The topological polar surface area (TPSA) is 87.0 Å². The van der Waals surface area contributed by atoms with Crippen LogP contribution in [0.2, 0.25) is 0 Å². The van der Waals surface area contributed by atoms with E-state index in [2.05, 4.69) is 30.3 Å². The van der Waals surface area contributed by atoms with Gasteiger partial charge in [-0.05, 0) is 68.3 Å². The summed E-state index contributed by atoms with van der Waals surface area (Å²) >= 11 is 0. The van der Waals surface area contributed by atoms with Crippen LogP contribution < -0.4 is 0 Å². The lowest BCUT2D eigenvalue weighted by Gasteiger charge is -2.19. The van der Waals surface area contributed by atoms with Crippen molar-refractivity contribution in [3.05, 3.63) is 48.0 Å². The summed E-state index contributed by atoms with van der Waals surface area (Å²) in [6, 6.07) is 10.4. The van der Waals surface area contributed by atoms with Crippen LogP contribution in [0, 0.1) is 23.7 Å². The number of aliphatic hydroxyl groups is 2. The number of carboxylic acid groups (broad SMARTS) is 1. The van der Waals surface area contributed by atoms with Crippen molar-refractivity contribution in [2.45, 2.75) is 63.6 Å². The summed E-state index contributed by atoms with van der Waals surface area (Å²) in [4.78, 5) is 10.5. The largest absolute Gasteiger partial charge is 0.480 e. The quantitative estimate of drug-likeness (QED) is 0.356. The lowest BCUT2D eigenvalue weighted by Crippen LogP contribution is -2.18. The van der Waals surface area contributed by atoms with Crippen LogP contribution in [0.15, 0.2) is 42.5 Å². The molecule has 1 aromatic carbocycles. The normalized spacial score (nSPS) is 29.3. The molecule has 5 nitrogen and oxygen atoms in total. The van der Waals surface area contributed by atoms with E-state index in [1.807, 2.05) is 12.1 Å². The molecule has 0 radical (unpaired) electrons. The number of ether oxygens (including phenoxy) is 1. The van der Waals surface area contributed by atoms with Crippen molar-refractivity contribution in [1.29, 1.82) is 0 Å². The molecule has 0 amide bonds. The Kier molecular flexibility index (Phi) is 8.91. The highest BCUT2D eigenvalue weighted by Crippen LogP contribution is 2.51. The second-order valence-electron chi connectivity index (χ2n) is 9.06. The number of hydrogen-bond donors (Lipinski definition) is 3. The molecule has 5 heteroatoms. The molecule has 3 N–H and O–H groups in total. The van der Waals surface area contributed by atoms with Crippen LogP contribution in [0.1, 0.15) is 50.5 Å². The van der Waals surface area contributed by atoms with Crippen LogP contribution in [0.4, 0.5) is 0 Å². The molecule has 6 atom stereocenters. The average molecular weight is 417 g/mol. The molecular formula is C25H36O5. The van der Waals surface area contributed by atoms with Gasteiger partial charge in [0.2, 0.25) is 0 Å². The van der Waals surface area contributed by atoms with E-state index in [0.717, 1.165) is 51.4 Å². The van der Waals surface area contributed by atoms with Gasteiger partial charge in [-0.3, -0.25) is 0 Å². The molecule has 0 aromatic heterocycles. The van der Waals surface area contributed by atoms with E-state index in [-0.39, 0.29) is 18.6 Å². The molecule has 2 aliphatic rings. The predicted octanol–water partition coefficient (Wildman–Crippen LogP) is 3.83. The number of benzene rings is 1. The van der Waals surface area contributed by atoms with Gasteiger partial charge in [0.05, 0.1) is 12.2 Å². The fourth-order valence-corrected chi connectivity index (χ4v) is 5.37. The van der Waals surface area contributed by atoms with Gasteiger partial charge in [-0.25, -0.2) is 4.79 Å². The van der Waals surface area contributed by atoms with Crippen LogP contribution in [0.3, 0.4) is 0 Å². The molecule has 2 fully saturated rings. The van der Waals surface area contributed by atoms with Gasteiger partial charge < -0.3 is 20.1 Å². The second-order valence-corrected chi connectivity index (χ2v) is 9.06. The molecule has 0 bridgehead atoms. The van der Waals surface area contributed by atoms with Gasteiger partial charge in [0, 0.05) is 12.5 Å². The number of hydrogen-bond acceptors (Lipinski definition) is 4. The minimum Gasteiger partial charge on any atom is -0.480 e. The first kappa shape index (κ1) is 23.0. The van der Waals surface area contributed by atoms with Crippen molar-refractivity contribution in [2.24, 2.45) is 23.7 Å². The predicted molar refractivity (Wildman–Crippen MR) is 116 cm³/mol. The minimum absolute atomic E-state index is 0.124. The standard InChI is InChI=1S/C25H36O5/c26-21(9-5-4-8-18-6-2-1-3-7-18)10-11-22-23-15-19(12-13-30-17-25(28)29)14-20(23)16-24(22)27/h1-3,6-7,10-11,19-24,26-27H,4-5,8-9,12-17H2,(H,28,29)/t19?,20-,21?,22-,23+,24-/m0/s1. The summed E-state index contributed by atoms with van der Waals surface area (Å²) in [6.45, 7) is 0.258. The number of fused-ring (bicyclic) bond motifs is 1. The Bertz CT molecular complexity index is 673. The maximum absolute atomic E-state index is 10.5. The van der Waals surface area contributed by atoms with E-state index in [1.54, 1.807) is 0 Å². The highest BCUT2D eigenvalue weighted by atomic mass is 16.5. The van der Waals surface area contributed by atoms with Gasteiger partial charge in [0.15, 0.2) is 0 Å². The Morgan fingerprint density at radius 3 is 2.73 bits per heavy atom. The number of carboxylic acids is 1. The van der Waals surface area contributed by atoms with E-state index >= 15 is 0 Å². The van der Waals surface area contributed by atoms with E-state index in [4.69, 9.17) is 9.84 Å². The summed E-state index contributed by atoms with van der Waals surface area (Å²) in [5.41, 5.74) is 1.34.